The largest absolute Gasteiger partial charge is 0.480 e. The third-order valence-electron chi connectivity index (χ3n) is 3.99. The molecule has 0 fully saturated rings. The molecule has 0 aliphatic carbocycles. The third kappa shape index (κ3) is 11.3. The Morgan fingerprint density at radius 2 is 1.52 bits per heavy atom. The molecule has 0 aliphatic heterocycles. The molecular formula is C17H31N5O6S. The lowest BCUT2D eigenvalue weighted by atomic mass is 10.0. The highest BCUT2D eigenvalue weighted by molar-refractivity contribution is 7.98. The molecule has 0 spiro atoms. The quantitative estimate of drug-likeness (QED) is 0.184. The van der Waals surface area contributed by atoms with Gasteiger partial charge < -0.3 is 32.5 Å². The minimum absolute atomic E-state index is 0.0658. The van der Waals surface area contributed by atoms with Crippen LogP contribution in [0.2, 0.25) is 0 Å². The molecule has 29 heavy (non-hydrogen) atoms. The number of nitrogens with two attached hydrogens (primary N) is 2. The van der Waals surface area contributed by atoms with Gasteiger partial charge in [0.15, 0.2) is 0 Å². The smallest absolute Gasteiger partial charge is 0.322 e. The van der Waals surface area contributed by atoms with Crippen molar-refractivity contribution in [1.29, 1.82) is 0 Å². The van der Waals surface area contributed by atoms with Gasteiger partial charge in [-0.15, -0.1) is 0 Å². The van der Waals surface area contributed by atoms with Crippen LogP contribution in [-0.2, 0) is 24.0 Å². The molecular weight excluding hydrogens is 402 g/mol. The number of thioether (sulfide) groups is 1. The Balaban J connectivity index is 5.25. The highest BCUT2D eigenvalue weighted by atomic mass is 32.2. The molecule has 0 saturated heterocycles. The van der Waals surface area contributed by atoms with Crippen LogP contribution in [0.3, 0.4) is 0 Å². The summed E-state index contributed by atoms with van der Waals surface area (Å²) in [7, 11) is 0. The van der Waals surface area contributed by atoms with Crippen molar-refractivity contribution in [2.45, 2.75) is 51.2 Å². The topological polar surface area (TPSA) is 194 Å². The summed E-state index contributed by atoms with van der Waals surface area (Å²) in [4.78, 5) is 58.9. The number of hydrogen-bond donors (Lipinski definition) is 6. The fraction of sp³-hybridized carbons (Fsp3) is 0.706. The van der Waals surface area contributed by atoms with E-state index in [1.807, 2.05) is 6.26 Å². The van der Waals surface area contributed by atoms with Gasteiger partial charge in [0.25, 0.3) is 0 Å². The van der Waals surface area contributed by atoms with E-state index in [9.17, 15) is 24.0 Å². The Morgan fingerprint density at radius 3 is 2.00 bits per heavy atom. The first-order valence-electron chi connectivity index (χ1n) is 9.12. The summed E-state index contributed by atoms with van der Waals surface area (Å²) in [5.74, 6) is -3.43. The number of carboxylic acid groups (broad SMARTS) is 1. The number of carbonyl (C=O) groups excluding carboxylic acids is 4. The molecule has 0 radical (unpaired) electrons. The second kappa shape index (κ2) is 13.8. The molecule has 11 nitrogen and oxygen atoms in total. The number of carboxylic acids is 1. The van der Waals surface area contributed by atoms with Crippen LogP contribution in [0.4, 0.5) is 0 Å². The van der Waals surface area contributed by atoms with Crippen molar-refractivity contribution in [2.24, 2.45) is 17.4 Å². The number of nitrogens with one attached hydrogen (secondary N) is 3. The number of aliphatic carboxylic acids is 1. The van der Waals surface area contributed by atoms with E-state index < -0.39 is 54.3 Å². The first kappa shape index (κ1) is 26.7. The lowest BCUT2D eigenvalue weighted by Crippen LogP contribution is -2.56. The molecule has 3 atom stereocenters. The summed E-state index contributed by atoms with van der Waals surface area (Å²) in [6, 6.07) is -2.98. The van der Waals surface area contributed by atoms with Crippen LogP contribution in [0.1, 0.15) is 33.1 Å². The van der Waals surface area contributed by atoms with Crippen molar-refractivity contribution in [1.82, 2.24) is 16.0 Å². The summed E-state index contributed by atoms with van der Waals surface area (Å²) in [6.07, 6.45) is 1.84. The second-order valence-corrected chi connectivity index (χ2v) is 7.78. The molecule has 8 N–H and O–H groups in total. The van der Waals surface area contributed by atoms with E-state index in [2.05, 4.69) is 16.0 Å². The Bertz CT molecular complexity index is 601. The summed E-state index contributed by atoms with van der Waals surface area (Å²) in [5, 5.41) is 15.9. The van der Waals surface area contributed by atoms with Crippen LogP contribution < -0.4 is 27.4 Å². The normalized spacial score (nSPS) is 13.8. The van der Waals surface area contributed by atoms with Crippen LogP contribution >= 0.6 is 11.8 Å². The highest BCUT2D eigenvalue weighted by Crippen LogP contribution is 2.05. The summed E-state index contributed by atoms with van der Waals surface area (Å²) in [6.45, 7) is 2.90. The monoisotopic (exact) mass is 433 g/mol. The maximum Gasteiger partial charge on any atom is 0.322 e. The van der Waals surface area contributed by atoms with E-state index in [4.69, 9.17) is 16.6 Å². The molecule has 0 heterocycles. The lowest BCUT2D eigenvalue weighted by Gasteiger charge is -2.24. The molecule has 0 bridgehead atoms. The molecule has 0 aromatic rings. The van der Waals surface area contributed by atoms with Gasteiger partial charge in [-0.1, -0.05) is 13.8 Å². The van der Waals surface area contributed by atoms with Gasteiger partial charge in [-0.05, 0) is 30.8 Å². The van der Waals surface area contributed by atoms with Gasteiger partial charge in [0, 0.05) is 6.42 Å². The van der Waals surface area contributed by atoms with Gasteiger partial charge in [0.05, 0.1) is 6.04 Å². The zero-order valence-electron chi connectivity index (χ0n) is 16.9. The van der Waals surface area contributed by atoms with Crippen LogP contribution in [0.25, 0.3) is 0 Å². The minimum Gasteiger partial charge on any atom is -0.480 e. The number of carbonyl (C=O) groups is 5. The summed E-state index contributed by atoms with van der Waals surface area (Å²) in [5.41, 5.74) is 10.9. The maximum absolute atomic E-state index is 12.7. The first-order chi connectivity index (χ1) is 13.5. The van der Waals surface area contributed by atoms with E-state index in [1.54, 1.807) is 13.8 Å². The summed E-state index contributed by atoms with van der Waals surface area (Å²) >= 11 is 1.44. The van der Waals surface area contributed by atoms with Crippen LogP contribution in [-0.4, -0.2) is 71.4 Å². The second-order valence-electron chi connectivity index (χ2n) is 6.79. The predicted octanol–water partition coefficient (Wildman–Crippen LogP) is -1.84. The Labute approximate surface area is 174 Å². The fourth-order valence-electron chi connectivity index (χ4n) is 2.19. The van der Waals surface area contributed by atoms with Crippen LogP contribution in [0.15, 0.2) is 0 Å². The number of hydrogen-bond acceptors (Lipinski definition) is 7. The van der Waals surface area contributed by atoms with Gasteiger partial charge in [-0.25, -0.2) is 0 Å². The lowest BCUT2D eigenvalue weighted by molar-refractivity contribution is -0.138. The number of amides is 4. The first-order valence-corrected chi connectivity index (χ1v) is 10.5. The molecule has 0 aromatic carbocycles. The zero-order chi connectivity index (χ0) is 22.6. The van der Waals surface area contributed by atoms with Crippen LogP contribution in [0, 0.1) is 5.92 Å². The van der Waals surface area contributed by atoms with Crippen molar-refractivity contribution in [3.8, 4) is 0 Å². The summed E-state index contributed by atoms with van der Waals surface area (Å²) < 4.78 is 0. The average Bonchev–Trinajstić information content (AvgIpc) is 2.64. The average molecular weight is 434 g/mol. The van der Waals surface area contributed by atoms with Crippen molar-refractivity contribution in [3.63, 3.8) is 0 Å². The fourth-order valence-corrected chi connectivity index (χ4v) is 2.66. The molecule has 0 saturated carbocycles. The maximum atomic E-state index is 12.7. The van der Waals surface area contributed by atoms with Gasteiger partial charge in [-0.2, -0.15) is 11.8 Å². The third-order valence-corrected chi connectivity index (χ3v) is 4.63. The zero-order valence-corrected chi connectivity index (χ0v) is 17.7. The molecule has 4 amide bonds. The molecule has 0 aliphatic rings. The van der Waals surface area contributed by atoms with E-state index in [0.717, 1.165) is 0 Å². The number of primary amides is 1. The van der Waals surface area contributed by atoms with E-state index in [-0.39, 0.29) is 25.2 Å². The molecule has 3 unspecified atom stereocenters. The minimum atomic E-state index is -1.22. The van der Waals surface area contributed by atoms with Gasteiger partial charge in [0.2, 0.25) is 23.6 Å². The molecule has 166 valence electrons. The SMILES string of the molecule is CSCCC(NC(=O)C(CCC(N)=O)NC(=O)C(N)C(C)C)C(=O)NCC(=O)O. The Morgan fingerprint density at radius 1 is 0.966 bits per heavy atom. The Kier molecular flexibility index (Phi) is 12.7. The van der Waals surface area contributed by atoms with E-state index in [0.29, 0.717) is 5.75 Å². The predicted molar refractivity (Wildman–Crippen MR) is 109 cm³/mol. The van der Waals surface area contributed by atoms with Crippen molar-refractivity contribution in [3.05, 3.63) is 0 Å². The molecule has 0 aromatic heterocycles. The van der Waals surface area contributed by atoms with Gasteiger partial charge >= 0.3 is 5.97 Å². The van der Waals surface area contributed by atoms with Gasteiger partial charge in [-0.3, -0.25) is 24.0 Å². The van der Waals surface area contributed by atoms with Crippen molar-refractivity contribution in [2.75, 3.05) is 18.6 Å². The van der Waals surface area contributed by atoms with E-state index in [1.165, 1.54) is 11.8 Å². The highest BCUT2D eigenvalue weighted by Gasteiger charge is 2.29. The van der Waals surface area contributed by atoms with Gasteiger partial charge in [0.1, 0.15) is 18.6 Å². The molecule has 0 rings (SSSR count). The number of rotatable bonds is 14. The van der Waals surface area contributed by atoms with Crippen molar-refractivity contribution >= 4 is 41.4 Å². The van der Waals surface area contributed by atoms with E-state index >= 15 is 0 Å². The standard InChI is InChI=1S/C17H31N5O6S/c1-9(2)14(19)17(28)22-10(4-5-12(18)23)16(27)21-11(6-7-29-3)15(26)20-8-13(24)25/h9-11,14H,4-8,19H2,1-3H3,(H2,18,23)(H,20,26)(H,21,27)(H,22,28)(H,24,25). The molecule has 12 heteroatoms. The Hall–Kier alpha value is -2.34. The van der Waals surface area contributed by atoms with Crippen LogP contribution in [0.5, 0.6) is 0 Å². The van der Waals surface area contributed by atoms with Crippen molar-refractivity contribution < 1.29 is 29.1 Å².